The smallest absolute Gasteiger partial charge is 0.119 e. The largest absolute Gasteiger partial charge is 0.508 e. The lowest BCUT2D eigenvalue weighted by Crippen LogP contribution is -1.80. The molecule has 2 N–H and O–H groups in total. The molecule has 0 spiro atoms. The molecule has 2 heteroatoms. The van der Waals surface area contributed by atoms with Gasteiger partial charge in [-0.3, -0.25) is 0 Å². The number of phenols is 1. The van der Waals surface area contributed by atoms with Gasteiger partial charge in [0.2, 0.25) is 0 Å². The average Bonchev–Trinajstić information content (AvgIpc) is 2.08. The van der Waals surface area contributed by atoms with E-state index in [-0.39, 0.29) is 0 Å². The molecule has 0 aromatic heterocycles. The first kappa shape index (κ1) is 8.53. The fourth-order valence-electron chi connectivity index (χ4n) is 0.973. The third kappa shape index (κ3) is 1.72. The molecule has 0 saturated heterocycles. The van der Waals surface area contributed by atoms with Crippen molar-refractivity contribution in [2.45, 2.75) is 6.92 Å². The van der Waals surface area contributed by atoms with E-state index < -0.39 is 0 Å². The van der Waals surface area contributed by atoms with Crippen LogP contribution in [0.2, 0.25) is 0 Å². The van der Waals surface area contributed by atoms with Gasteiger partial charge in [0.05, 0.1) is 0 Å². The van der Waals surface area contributed by atoms with E-state index in [2.05, 4.69) is 0 Å². The number of rotatable bonds is 2. The second-order valence-electron chi connectivity index (χ2n) is 2.52. The number of benzene rings is 1. The summed E-state index contributed by atoms with van der Waals surface area (Å²) in [4.78, 5) is 0. The Hall–Kier alpha value is -1.57. The van der Waals surface area contributed by atoms with Crippen molar-refractivity contribution in [2.75, 3.05) is 0 Å². The lowest BCUT2D eigenvalue weighted by atomic mass is 10.1. The van der Waals surface area contributed by atoms with Gasteiger partial charge in [-0.15, -0.1) is 0 Å². The van der Waals surface area contributed by atoms with E-state index in [1.54, 1.807) is 24.3 Å². The fraction of sp³-hybridized carbons (Fsp3) is 0.100. The van der Waals surface area contributed by atoms with Gasteiger partial charge in [-0.1, -0.05) is 18.2 Å². The van der Waals surface area contributed by atoms with Gasteiger partial charge in [-0.05, 0) is 30.2 Å². The Morgan fingerprint density at radius 2 is 2.17 bits per heavy atom. The molecule has 1 rings (SSSR count). The quantitative estimate of drug-likeness (QED) is 0.642. The standard InChI is InChI=1S/C10H11NO/c1-8-9(5-3-7-11)4-2-6-10(8)12/h2-7,11-12H,1H3. The highest BCUT2D eigenvalue weighted by atomic mass is 16.3. The number of aromatic hydroxyl groups is 1. The third-order valence-corrected chi connectivity index (χ3v) is 1.72. The summed E-state index contributed by atoms with van der Waals surface area (Å²) in [5.74, 6) is 0.294. The van der Waals surface area contributed by atoms with Gasteiger partial charge >= 0.3 is 0 Å². The minimum atomic E-state index is 0.294. The Morgan fingerprint density at radius 3 is 2.83 bits per heavy atom. The second-order valence-corrected chi connectivity index (χ2v) is 2.52. The lowest BCUT2D eigenvalue weighted by Gasteiger charge is -2.01. The van der Waals surface area contributed by atoms with E-state index in [0.29, 0.717) is 5.75 Å². The summed E-state index contributed by atoms with van der Waals surface area (Å²) < 4.78 is 0. The van der Waals surface area contributed by atoms with Crippen LogP contribution in [0.5, 0.6) is 5.75 Å². The SMILES string of the molecule is Cc1c(O)cccc1C=CC=N. The molecule has 1 aromatic carbocycles. The Morgan fingerprint density at radius 1 is 1.42 bits per heavy atom. The van der Waals surface area contributed by atoms with Crippen molar-refractivity contribution in [3.05, 3.63) is 35.4 Å². The van der Waals surface area contributed by atoms with Gasteiger partial charge in [-0.2, -0.15) is 0 Å². The van der Waals surface area contributed by atoms with Crippen LogP contribution in [0.3, 0.4) is 0 Å². The molecule has 0 aliphatic rings. The van der Waals surface area contributed by atoms with Crippen LogP contribution in [0, 0.1) is 12.3 Å². The van der Waals surface area contributed by atoms with Crippen LogP contribution in [0.4, 0.5) is 0 Å². The minimum Gasteiger partial charge on any atom is -0.508 e. The number of hydrogen-bond donors (Lipinski definition) is 2. The molecule has 12 heavy (non-hydrogen) atoms. The summed E-state index contributed by atoms with van der Waals surface area (Å²) in [6.45, 7) is 1.85. The normalized spacial score (nSPS) is 10.4. The zero-order valence-corrected chi connectivity index (χ0v) is 6.91. The highest BCUT2D eigenvalue weighted by Crippen LogP contribution is 2.20. The van der Waals surface area contributed by atoms with Crippen LogP contribution in [0.25, 0.3) is 6.08 Å². The van der Waals surface area contributed by atoms with E-state index in [1.165, 1.54) is 6.21 Å². The van der Waals surface area contributed by atoms with Gasteiger partial charge in [0.25, 0.3) is 0 Å². The maximum atomic E-state index is 9.31. The van der Waals surface area contributed by atoms with Gasteiger partial charge in [0, 0.05) is 6.21 Å². The van der Waals surface area contributed by atoms with E-state index in [9.17, 15) is 5.11 Å². The molecule has 0 amide bonds. The van der Waals surface area contributed by atoms with Gasteiger partial charge < -0.3 is 10.5 Å². The molecule has 62 valence electrons. The van der Waals surface area contributed by atoms with Crippen LogP contribution >= 0.6 is 0 Å². The first-order valence-corrected chi connectivity index (χ1v) is 3.71. The summed E-state index contributed by atoms with van der Waals surface area (Å²) >= 11 is 0. The molecule has 0 unspecified atom stereocenters. The van der Waals surface area contributed by atoms with Crippen LogP contribution in [0.1, 0.15) is 11.1 Å². The second kappa shape index (κ2) is 3.72. The van der Waals surface area contributed by atoms with E-state index in [1.807, 2.05) is 13.0 Å². The van der Waals surface area contributed by atoms with Crippen molar-refractivity contribution in [2.24, 2.45) is 0 Å². The Labute approximate surface area is 71.7 Å². The molecule has 0 bridgehead atoms. The number of nitrogens with one attached hydrogen (secondary N) is 1. The number of phenolic OH excluding ortho intramolecular Hbond substituents is 1. The van der Waals surface area contributed by atoms with Crippen molar-refractivity contribution in [3.8, 4) is 5.75 Å². The molecule has 0 radical (unpaired) electrons. The van der Waals surface area contributed by atoms with Gasteiger partial charge in [0.15, 0.2) is 0 Å². The van der Waals surface area contributed by atoms with Gasteiger partial charge in [0.1, 0.15) is 5.75 Å². The van der Waals surface area contributed by atoms with Crippen molar-refractivity contribution in [1.82, 2.24) is 0 Å². The summed E-state index contributed by atoms with van der Waals surface area (Å²) in [6.07, 6.45) is 4.63. The predicted octanol–water partition coefficient (Wildman–Crippen LogP) is 2.36. The topological polar surface area (TPSA) is 44.1 Å². The molecule has 2 nitrogen and oxygen atoms in total. The molecule has 1 aromatic rings. The van der Waals surface area contributed by atoms with Crippen molar-refractivity contribution >= 4 is 12.3 Å². The maximum Gasteiger partial charge on any atom is 0.119 e. The zero-order valence-electron chi connectivity index (χ0n) is 6.91. The molecular weight excluding hydrogens is 150 g/mol. The summed E-state index contributed by atoms with van der Waals surface area (Å²) in [7, 11) is 0. The zero-order chi connectivity index (χ0) is 8.97. The monoisotopic (exact) mass is 161 g/mol. The molecule has 0 atom stereocenters. The lowest BCUT2D eigenvalue weighted by molar-refractivity contribution is 0.471. The maximum absolute atomic E-state index is 9.31. The molecule has 0 fully saturated rings. The molecular formula is C10H11NO. The molecule has 0 heterocycles. The molecule has 0 aliphatic carbocycles. The Balaban J connectivity index is 3.07. The van der Waals surface area contributed by atoms with Crippen LogP contribution in [0.15, 0.2) is 24.3 Å². The predicted molar refractivity (Wildman–Crippen MR) is 50.7 cm³/mol. The van der Waals surface area contributed by atoms with Crippen molar-refractivity contribution in [3.63, 3.8) is 0 Å². The van der Waals surface area contributed by atoms with Crippen molar-refractivity contribution in [1.29, 1.82) is 5.41 Å². The minimum absolute atomic E-state index is 0.294. The Bertz CT molecular complexity index is 316. The summed E-state index contributed by atoms with van der Waals surface area (Å²) in [5.41, 5.74) is 1.79. The van der Waals surface area contributed by atoms with E-state index in [4.69, 9.17) is 5.41 Å². The van der Waals surface area contributed by atoms with Crippen LogP contribution in [-0.4, -0.2) is 11.3 Å². The first-order valence-electron chi connectivity index (χ1n) is 3.71. The highest BCUT2D eigenvalue weighted by Gasteiger charge is 1.97. The number of hydrogen-bond acceptors (Lipinski definition) is 2. The first-order chi connectivity index (χ1) is 5.75. The molecule has 0 aliphatic heterocycles. The van der Waals surface area contributed by atoms with E-state index in [0.717, 1.165) is 11.1 Å². The fourth-order valence-corrected chi connectivity index (χ4v) is 0.973. The Kier molecular flexibility index (Phi) is 2.64. The van der Waals surface area contributed by atoms with Crippen LogP contribution in [-0.2, 0) is 0 Å². The van der Waals surface area contributed by atoms with Crippen molar-refractivity contribution < 1.29 is 5.11 Å². The highest BCUT2D eigenvalue weighted by molar-refractivity contribution is 5.76. The summed E-state index contributed by atoms with van der Waals surface area (Å²) in [5, 5.41) is 16.1. The summed E-state index contributed by atoms with van der Waals surface area (Å²) in [6, 6.07) is 5.33. The number of allylic oxidation sites excluding steroid dienone is 1. The van der Waals surface area contributed by atoms with E-state index >= 15 is 0 Å². The average molecular weight is 161 g/mol. The van der Waals surface area contributed by atoms with Crippen LogP contribution < -0.4 is 0 Å². The third-order valence-electron chi connectivity index (χ3n) is 1.72. The van der Waals surface area contributed by atoms with Gasteiger partial charge in [-0.25, -0.2) is 0 Å². The molecule has 0 saturated carbocycles.